The summed E-state index contributed by atoms with van der Waals surface area (Å²) in [6.45, 7) is 1.89. The molecule has 0 aliphatic carbocycles. The molecule has 0 bridgehead atoms. The lowest BCUT2D eigenvalue weighted by Crippen LogP contribution is -2.31. The number of carbonyl (C=O) groups excluding carboxylic acids is 1. The van der Waals surface area contributed by atoms with Crippen LogP contribution in [-0.2, 0) is 4.74 Å². The summed E-state index contributed by atoms with van der Waals surface area (Å²) in [4.78, 5) is 15.3. The Hall–Kier alpha value is -1.60. The maximum Gasteiger partial charge on any atom is 0.490 e. The summed E-state index contributed by atoms with van der Waals surface area (Å²) in [5.41, 5.74) is 0.166. The highest BCUT2D eigenvalue weighted by atomic mass is 16.5. The number of methoxy groups -OCH3 is 1. The number of hydrogen-bond donors (Lipinski definition) is 2. The van der Waals surface area contributed by atoms with Gasteiger partial charge in [-0.2, -0.15) is 0 Å². The molecule has 0 atom stereocenters. The van der Waals surface area contributed by atoms with E-state index < -0.39 is 13.1 Å². The minimum Gasteiger partial charge on any atom is -0.480 e. The van der Waals surface area contributed by atoms with Crippen molar-refractivity contribution in [2.24, 2.45) is 0 Å². The number of nitrogens with zero attached hydrogens (tertiary/aromatic N) is 1. The van der Waals surface area contributed by atoms with Crippen LogP contribution in [0.15, 0.2) is 12.3 Å². The molecular formula is C9H12BNO5. The van der Waals surface area contributed by atoms with E-state index in [-0.39, 0.29) is 23.5 Å². The van der Waals surface area contributed by atoms with Gasteiger partial charge in [-0.25, -0.2) is 9.78 Å². The van der Waals surface area contributed by atoms with Gasteiger partial charge in [0.25, 0.3) is 0 Å². The number of pyridine rings is 1. The number of esters is 1. The molecule has 0 unspecified atom stereocenters. The average Bonchev–Trinajstić information content (AvgIpc) is 2.28. The molecular weight excluding hydrogens is 213 g/mol. The third-order valence-corrected chi connectivity index (χ3v) is 1.86. The van der Waals surface area contributed by atoms with Crippen molar-refractivity contribution in [3.05, 3.63) is 17.8 Å². The van der Waals surface area contributed by atoms with Gasteiger partial charge >= 0.3 is 13.1 Å². The van der Waals surface area contributed by atoms with Crippen molar-refractivity contribution in [3.8, 4) is 5.88 Å². The molecule has 1 heterocycles. The van der Waals surface area contributed by atoms with E-state index in [2.05, 4.69) is 4.98 Å². The van der Waals surface area contributed by atoms with Crippen LogP contribution in [0.1, 0.15) is 17.3 Å². The molecule has 1 aromatic rings. The predicted molar refractivity (Wildman–Crippen MR) is 56.6 cm³/mol. The van der Waals surface area contributed by atoms with E-state index in [9.17, 15) is 4.79 Å². The summed E-state index contributed by atoms with van der Waals surface area (Å²) in [6.07, 6.45) is 1.21. The third-order valence-electron chi connectivity index (χ3n) is 1.86. The molecule has 0 aromatic carbocycles. The quantitative estimate of drug-likeness (QED) is 0.501. The van der Waals surface area contributed by atoms with Crippen LogP contribution in [0.2, 0.25) is 0 Å². The van der Waals surface area contributed by atoms with Crippen molar-refractivity contribution in [2.75, 3.05) is 13.7 Å². The average molecular weight is 225 g/mol. The number of aromatic nitrogens is 1. The van der Waals surface area contributed by atoms with Crippen LogP contribution >= 0.6 is 0 Å². The van der Waals surface area contributed by atoms with Crippen LogP contribution < -0.4 is 10.2 Å². The van der Waals surface area contributed by atoms with E-state index in [1.54, 1.807) is 6.92 Å². The molecule has 0 radical (unpaired) electrons. The molecule has 0 saturated heterocycles. The standard InChI is InChI=1S/C9H12BNO5/c1-3-16-9(12)7-4-6(10(13)14)5-11-8(7)15-2/h4-5,13-14H,3H2,1-2H3. The Bertz CT molecular complexity index is 382. The van der Waals surface area contributed by atoms with Crippen LogP contribution in [0.5, 0.6) is 5.88 Å². The molecule has 0 amide bonds. The normalized spacial score (nSPS) is 9.75. The number of hydrogen-bond acceptors (Lipinski definition) is 6. The van der Waals surface area contributed by atoms with Crippen LogP contribution in [0.4, 0.5) is 0 Å². The minimum absolute atomic E-state index is 0.0648. The van der Waals surface area contributed by atoms with E-state index in [1.807, 2.05) is 0 Å². The monoisotopic (exact) mass is 225 g/mol. The Kier molecular flexibility index (Phi) is 4.27. The summed E-state index contributed by atoms with van der Waals surface area (Å²) in [7, 11) is -0.327. The first-order chi connectivity index (χ1) is 7.60. The zero-order valence-electron chi connectivity index (χ0n) is 9.01. The number of rotatable bonds is 4. The maximum atomic E-state index is 11.5. The van der Waals surface area contributed by atoms with Crippen molar-refractivity contribution >= 4 is 18.6 Å². The highest BCUT2D eigenvalue weighted by Crippen LogP contribution is 2.13. The second kappa shape index (κ2) is 5.48. The van der Waals surface area contributed by atoms with Crippen LogP contribution in [-0.4, -0.2) is 41.8 Å². The van der Waals surface area contributed by atoms with E-state index >= 15 is 0 Å². The molecule has 0 aliphatic heterocycles. The Labute approximate surface area is 93.0 Å². The van der Waals surface area contributed by atoms with Gasteiger partial charge in [-0.1, -0.05) is 0 Å². The van der Waals surface area contributed by atoms with E-state index in [1.165, 1.54) is 19.4 Å². The molecule has 1 rings (SSSR count). The van der Waals surface area contributed by atoms with Crippen molar-refractivity contribution in [3.63, 3.8) is 0 Å². The topological polar surface area (TPSA) is 88.9 Å². The van der Waals surface area contributed by atoms with Gasteiger partial charge in [0.1, 0.15) is 5.56 Å². The zero-order valence-corrected chi connectivity index (χ0v) is 9.01. The molecule has 2 N–H and O–H groups in total. The van der Waals surface area contributed by atoms with Gasteiger partial charge in [-0.05, 0) is 13.0 Å². The first-order valence-electron chi connectivity index (χ1n) is 4.67. The molecule has 86 valence electrons. The van der Waals surface area contributed by atoms with Gasteiger partial charge in [0.2, 0.25) is 5.88 Å². The first-order valence-corrected chi connectivity index (χ1v) is 4.67. The zero-order chi connectivity index (χ0) is 12.1. The van der Waals surface area contributed by atoms with Crippen molar-refractivity contribution in [1.82, 2.24) is 4.98 Å². The minimum atomic E-state index is -1.69. The fourth-order valence-corrected chi connectivity index (χ4v) is 1.13. The van der Waals surface area contributed by atoms with Gasteiger partial charge in [0.05, 0.1) is 13.7 Å². The Morgan fingerprint density at radius 3 is 2.75 bits per heavy atom. The molecule has 0 saturated carbocycles. The highest BCUT2D eigenvalue weighted by Gasteiger charge is 2.20. The molecule has 0 fully saturated rings. The fourth-order valence-electron chi connectivity index (χ4n) is 1.13. The van der Waals surface area contributed by atoms with Crippen LogP contribution in [0.3, 0.4) is 0 Å². The van der Waals surface area contributed by atoms with Gasteiger partial charge in [-0.3, -0.25) is 0 Å². The Balaban J connectivity index is 3.11. The summed E-state index contributed by atoms with van der Waals surface area (Å²) < 4.78 is 9.66. The fraction of sp³-hybridized carbons (Fsp3) is 0.333. The summed E-state index contributed by atoms with van der Waals surface area (Å²) in [6, 6.07) is 1.27. The molecule has 6 nitrogen and oxygen atoms in total. The second-order valence-corrected chi connectivity index (χ2v) is 2.92. The Morgan fingerprint density at radius 1 is 1.56 bits per heavy atom. The van der Waals surface area contributed by atoms with Crippen molar-refractivity contribution in [2.45, 2.75) is 6.92 Å². The molecule has 0 aliphatic rings. The van der Waals surface area contributed by atoms with Crippen molar-refractivity contribution < 1.29 is 24.3 Å². The molecule has 1 aromatic heterocycles. The second-order valence-electron chi connectivity index (χ2n) is 2.92. The van der Waals surface area contributed by atoms with Gasteiger partial charge in [0, 0.05) is 11.7 Å². The summed E-state index contributed by atoms with van der Waals surface area (Å²) in [5, 5.41) is 17.9. The summed E-state index contributed by atoms with van der Waals surface area (Å²) in [5.74, 6) is -0.530. The lowest BCUT2D eigenvalue weighted by molar-refractivity contribution is 0.0522. The third kappa shape index (κ3) is 2.71. The summed E-state index contributed by atoms with van der Waals surface area (Å²) >= 11 is 0. The van der Waals surface area contributed by atoms with Gasteiger partial charge in [-0.15, -0.1) is 0 Å². The van der Waals surface area contributed by atoms with Crippen LogP contribution in [0.25, 0.3) is 0 Å². The van der Waals surface area contributed by atoms with E-state index in [0.717, 1.165) is 0 Å². The van der Waals surface area contributed by atoms with E-state index in [4.69, 9.17) is 19.5 Å². The number of carbonyl (C=O) groups is 1. The number of ether oxygens (including phenoxy) is 2. The molecule has 7 heteroatoms. The smallest absolute Gasteiger partial charge is 0.480 e. The van der Waals surface area contributed by atoms with Gasteiger partial charge < -0.3 is 19.5 Å². The van der Waals surface area contributed by atoms with Crippen LogP contribution in [0, 0.1) is 0 Å². The van der Waals surface area contributed by atoms with Crippen molar-refractivity contribution in [1.29, 1.82) is 0 Å². The SMILES string of the molecule is CCOC(=O)c1cc(B(O)O)cnc1OC. The molecule has 0 spiro atoms. The van der Waals surface area contributed by atoms with E-state index in [0.29, 0.717) is 0 Å². The molecule has 16 heavy (non-hydrogen) atoms. The highest BCUT2D eigenvalue weighted by molar-refractivity contribution is 6.58. The first kappa shape index (κ1) is 12.5. The van der Waals surface area contributed by atoms with Gasteiger partial charge in [0.15, 0.2) is 0 Å². The Morgan fingerprint density at radius 2 is 2.25 bits per heavy atom. The maximum absolute atomic E-state index is 11.5. The lowest BCUT2D eigenvalue weighted by atomic mass is 9.81. The largest absolute Gasteiger partial charge is 0.490 e. The predicted octanol–water partition coefficient (Wildman–Crippen LogP) is -1.05. The lowest BCUT2D eigenvalue weighted by Gasteiger charge is -2.08.